The average Bonchev–Trinajstić information content (AvgIpc) is 3.13. The molecule has 156 valence electrons. The Morgan fingerprint density at radius 3 is 2.35 bits per heavy atom. The third kappa shape index (κ3) is 4.26. The Balaban J connectivity index is 1.67. The summed E-state index contributed by atoms with van der Waals surface area (Å²) < 4.78 is 52.8. The van der Waals surface area contributed by atoms with Crippen LogP contribution in [0.15, 0.2) is 60.7 Å². The smallest absolute Gasteiger partial charge is 0.338 e. The Hall–Kier alpha value is -3.74. The first-order valence-electron chi connectivity index (χ1n) is 9.37. The minimum absolute atomic E-state index is 0.169. The van der Waals surface area contributed by atoms with E-state index in [4.69, 9.17) is 0 Å². The standard InChI is InChI=1S/C24H16F4N2O/c1-14(31)17-4-2-3-5-18(17)19-12-21-22(13-20(19)25)30-23(29-21)11-8-15-6-9-16(10-7-15)24(26,27)28/h2-13H,1H3,(H,29,30). The number of carbonyl (C=O) groups is 1. The Morgan fingerprint density at radius 2 is 1.68 bits per heavy atom. The summed E-state index contributed by atoms with van der Waals surface area (Å²) in [6, 6.07) is 14.4. The number of hydrogen-bond donors (Lipinski definition) is 1. The van der Waals surface area contributed by atoms with E-state index in [9.17, 15) is 22.4 Å². The first-order valence-corrected chi connectivity index (χ1v) is 9.37. The van der Waals surface area contributed by atoms with Crippen molar-refractivity contribution in [3.63, 3.8) is 0 Å². The summed E-state index contributed by atoms with van der Waals surface area (Å²) >= 11 is 0. The molecule has 0 bridgehead atoms. The number of alkyl halides is 3. The summed E-state index contributed by atoms with van der Waals surface area (Å²) in [6.45, 7) is 1.42. The highest BCUT2D eigenvalue weighted by atomic mass is 19.4. The van der Waals surface area contributed by atoms with Gasteiger partial charge in [0.1, 0.15) is 11.6 Å². The fraction of sp³-hybridized carbons (Fsp3) is 0.0833. The third-order valence-corrected chi connectivity index (χ3v) is 4.86. The molecule has 0 spiro atoms. The lowest BCUT2D eigenvalue weighted by molar-refractivity contribution is -0.137. The highest BCUT2D eigenvalue weighted by Gasteiger charge is 2.29. The van der Waals surface area contributed by atoms with E-state index in [0.29, 0.717) is 33.5 Å². The minimum atomic E-state index is -4.39. The molecule has 0 saturated carbocycles. The molecule has 0 atom stereocenters. The van der Waals surface area contributed by atoms with Gasteiger partial charge in [0.25, 0.3) is 0 Å². The SMILES string of the molecule is CC(=O)c1ccccc1-c1cc2nc(C=Cc3ccc(C(F)(F)F)cc3)[nH]c2cc1F. The molecule has 3 nitrogen and oxygen atoms in total. The van der Waals surface area contributed by atoms with Crippen molar-refractivity contribution in [3.8, 4) is 11.1 Å². The molecular weight excluding hydrogens is 408 g/mol. The number of H-pyrrole nitrogens is 1. The van der Waals surface area contributed by atoms with Crippen molar-refractivity contribution in [1.82, 2.24) is 9.97 Å². The van der Waals surface area contributed by atoms with E-state index in [-0.39, 0.29) is 11.3 Å². The van der Waals surface area contributed by atoms with Gasteiger partial charge in [-0.3, -0.25) is 4.79 Å². The molecular formula is C24H16F4N2O. The van der Waals surface area contributed by atoms with Crippen LogP contribution in [0, 0.1) is 5.82 Å². The zero-order valence-electron chi connectivity index (χ0n) is 16.3. The Bertz CT molecular complexity index is 1300. The summed E-state index contributed by atoms with van der Waals surface area (Å²) in [5.41, 5.74) is 1.98. The van der Waals surface area contributed by atoms with Crippen molar-refractivity contribution < 1.29 is 22.4 Å². The van der Waals surface area contributed by atoms with Crippen LogP contribution in [-0.4, -0.2) is 15.8 Å². The zero-order chi connectivity index (χ0) is 22.2. The Labute approximate surface area is 175 Å². The van der Waals surface area contributed by atoms with Gasteiger partial charge in [-0.2, -0.15) is 13.2 Å². The fourth-order valence-electron chi connectivity index (χ4n) is 3.32. The van der Waals surface area contributed by atoms with E-state index in [2.05, 4.69) is 9.97 Å². The van der Waals surface area contributed by atoms with Crippen molar-refractivity contribution >= 4 is 29.0 Å². The van der Waals surface area contributed by atoms with Gasteiger partial charge in [0, 0.05) is 17.2 Å². The fourth-order valence-corrected chi connectivity index (χ4v) is 3.32. The molecule has 0 radical (unpaired) electrons. The van der Waals surface area contributed by atoms with Crippen LogP contribution in [0.5, 0.6) is 0 Å². The highest BCUT2D eigenvalue weighted by Crippen LogP contribution is 2.31. The molecule has 7 heteroatoms. The van der Waals surface area contributed by atoms with Gasteiger partial charge in [-0.25, -0.2) is 9.37 Å². The molecule has 4 rings (SSSR count). The van der Waals surface area contributed by atoms with E-state index >= 15 is 0 Å². The summed E-state index contributed by atoms with van der Waals surface area (Å²) in [7, 11) is 0. The van der Waals surface area contributed by atoms with E-state index in [1.54, 1.807) is 42.5 Å². The van der Waals surface area contributed by atoms with Gasteiger partial charge in [-0.15, -0.1) is 0 Å². The molecule has 31 heavy (non-hydrogen) atoms. The number of ketones is 1. The number of Topliss-reactive ketones (excluding diaryl/α,β-unsaturated/α-hetero) is 1. The second-order valence-corrected chi connectivity index (χ2v) is 7.03. The van der Waals surface area contributed by atoms with E-state index in [1.165, 1.54) is 25.1 Å². The van der Waals surface area contributed by atoms with Crippen LogP contribution >= 0.6 is 0 Å². The van der Waals surface area contributed by atoms with Crippen LogP contribution in [0.3, 0.4) is 0 Å². The second kappa shape index (κ2) is 7.83. The number of aromatic nitrogens is 2. The average molecular weight is 424 g/mol. The van der Waals surface area contributed by atoms with Gasteiger partial charge in [-0.1, -0.05) is 42.5 Å². The Kier molecular flexibility index (Phi) is 5.19. The lowest BCUT2D eigenvalue weighted by atomic mass is 9.97. The second-order valence-electron chi connectivity index (χ2n) is 7.03. The molecule has 0 unspecified atom stereocenters. The van der Waals surface area contributed by atoms with Gasteiger partial charge in [-0.05, 0) is 42.3 Å². The van der Waals surface area contributed by atoms with Crippen molar-refractivity contribution in [1.29, 1.82) is 0 Å². The molecule has 1 aromatic heterocycles. The summed E-state index contributed by atoms with van der Waals surface area (Å²) in [5, 5.41) is 0. The molecule has 0 aliphatic rings. The largest absolute Gasteiger partial charge is 0.416 e. The third-order valence-electron chi connectivity index (χ3n) is 4.86. The molecule has 0 fully saturated rings. The molecule has 0 saturated heterocycles. The topological polar surface area (TPSA) is 45.8 Å². The molecule has 4 aromatic rings. The van der Waals surface area contributed by atoms with Crippen molar-refractivity contribution in [2.24, 2.45) is 0 Å². The van der Waals surface area contributed by atoms with Crippen molar-refractivity contribution in [2.45, 2.75) is 13.1 Å². The van der Waals surface area contributed by atoms with Crippen LogP contribution in [-0.2, 0) is 6.18 Å². The van der Waals surface area contributed by atoms with Gasteiger partial charge in [0.15, 0.2) is 5.78 Å². The monoisotopic (exact) mass is 424 g/mol. The van der Waals surface area contributed by atoms with Crippen LogP contribution < -0.4 is 0 Å². The maximum atomic E-state index is 14.8. The number of rotatable bonds is 4. The number of carbonyl (C=O) groups excluding carboxylic acids is 1. The first-order chi connectivity index (χ1) is 14.7. The number of fused-ring (bicyclic) bond motifs is 1. The van der Waals surface area contributed by atoms with E-state index in [1.807, 2.05) is 0 Å². The van der Waals surface area contributed by atoms with Crippen LogP contribution in [0.25, 0.3) is 34.3 Å². The first kappa shape index (κ1) is 20.5. The van der Waals surface area contributed by atoms with Gasteiger partial charge < -0.3 is 4.98 Å². The molecule has 1 N–H and O–H groups in total. The number of hydrogen-bond acceptors (Lipinski definition) is 2. The maximum absolute atomic E-state index is 14.8. The van der Waals surface area contributed by atoms with Gasteiger partial charge in [0.05, 0.1) is 16.6 Å². The lowest BCUT2D eigenvalue weighted by Crippen LogP contribution is -2.03. The minimum Gasteiger partial charge on any atom is -0.338 e. The van der Waals surface area contributed by atoms with Gasteiger partial charge in [0.2, 0.25) is 0 Å². The quantitative estimate of drug-likeness (QED) is 0.291. The molecule has 0 amide bonds. The van der Waals surface area contributed by atoms with E-state index in [0.717, 1.165) is 12.1 Å². The molecule has 0 aliphatic carbocycles. The van der Waals surface area contributed by atoms with Crippen LogP contribution in [0.1, 0.15) is 34.2 Å². The number of nitrogens with zero attached hydrogens (tertiary/aromatic N) is 1. The summed E-state index contributed by atoms with van der Waals surface area (Å²) in [6.07, 6.45) is -1.17. The Morgan fingerprint density at radius 1 is 0.968 bits per heavy atom. The number of halogens is 4. The van der Waals surface area contributed by atoms with Crippen LogP contribution in [0.4, 0.5) is 17.6 Å². The number of aromatic amines is 1. The van der Waals surface area contributed by atoms with Gasteiger partial charge >= 0.3 is 6.18 Å². The highest BCUT2D eigenvalue weighted by molar-refractivity contribution is 6.01. The van der Waals surface area contributed by atoms with Crippen molar-refractivity contribution in [3.05, 3.63) is 89.0 Å². The van der Waals surface area contributed by atoms with Crippen molar-refractivity contribution in [2.75, 3.05) is 0 Å². The maximum Gasteiger partial charge on any atom is 0.416 e. The van der Waals surface area contributed by atoms with E-state index < -0.39 is 17.6 Å². The number of benzene rings is 3. The zero-order valence-corrected chi connectivity index (χ0v) is 16.3. The summed E-state index contributed by atoms with van der Waals surface area (Å²) in [4.78, 5) is 19.3. The molecule has 0 aliphatic heterocycles. The molecule has 3 aromatic carbocycles. The lowest BCUT2D eigenvalue weighted by Gasteiger charge is -2.08. The number of imidazole rings is 1. The number of nitrogens with one attached hydrogen (secondary N) is 1. The predicted octanol–water partition coefficient (Wildman–Crippen LogP) is 6.76. The van der Waals surface area contributed by atoms with Crippen LogP contribution in [0.2, 0.25) is 0 Å². The molecule has 1 heterocycles. The summed E-state index contributed by atoms with van der Waals surface area (Å²) in [5.74, 6) is -0.244. The predicted molar refractivity (Wildman–Crippen MR) is 112 cm³/mol. The normalized spacial score (nSPS) is 12.0.